The minimum Gasteiger partial charge on any atom is -0.390 e. The predicted molar refractivity (Wildman–Crippen MR) is 183 cm³/mol. The van der Waals surface area contributed by atoms with Crippen molar-refractivity contribution in [3.05, 3.63) is 137 Å². The Kier molecular flexibility index (Phi) is 12.4. The molecule has 3 atom stereocenters. The number of rotatable bonds is 15. The normalized spacial score (nSPS) is 13.4. The van der Waals surface area contributed by atoms with E-state index in [0.717, 1.165) is 21.7 Å². The van der Waals surface area contributed by atoms with Crippen LogP contribution in [-0.2, 0) is 23.0 Å². The molecule has 0 saturated heterocycles. The highest BCUT2D eigenvalue weighted by molar-refractivity contribution is 7.92. The monoisotopic (exact) mass is 678 g/mol. The number of nitrogens with zero attached hydrogens (tertiary/aromatic N) is 1. The van der Waals surface area contributed by atoms with E-state index in [0.29, 0.717) is 5.56 Å². The van der Waals surface area contributed by atoms with Gasteiger partial charge in [0.25, 0.3) is 18.2 Å². The number of alkyl halides is 2. The van der Waals surface area contributed by atoms with Crippen LogP contribution in [0, 0.1) is 0 Å². The van der Waals surface area contributed by atoms with Crippen molar-refractivity contribution in [2.24, 2.45) is 0 Å². The van der Waals surface area contributed by atoms with E-state index in [1.807, 2.05) is 67.6 Å². The molecular formula is C36H40F2N4O5S. The number of halogens is 2. The van der Waals surface area contributed by atoms with Crippen molar-refractivity contribution in [1.82, 2.24) is 16.0 Å². The Balaban J connectivity index is 1.57. The molecule has 254 valence electrons. The standard InChI is InChI=1S/C36H40F2N4O5S/c1-24(27-14-8-5-9-15-27)40-35(44)29-19-30(21-31(20-29)42(2)48(3,46)47)36(45)41-32(18-25-11-6-4-7-12-25)33(43)23-39-22-26-13-10-16-28(17-26)34(37)38/h4-17,19-21,24,32-34,39,43H,18,22-23H2,1-3H3,(H,40,44)(H,41,45)/t24-,32+,33-/m1/s1. The number of aliphatic hydroxyl groups is 1. The van der Waals surface area contributed by atoms with E-state index in [9.17, 15) is 31.9 Å². The van der Waals surface area contributed by atoms with Gasteiger partial charge in [-0.25, -0.2) is 17.2 Å². The van der Waals surface area contributed by atoms with E-state index in [1.165, 1.54) is 37.4 Å². The lowest BCUT2D eigenvalue weighted by Gasteiger charge is -2.26. The fourth-order valence-corrected chi connectivity index (χ4v) is 5.59. The number of sulfonamides is 1. The summed E-state index contributed by atoms with van der Waals surface area (Å²) < 4.78 is 52.1. The number of aliphatic hydroxyl groups excluding tert-OH is 1. The van der Waals surface area contributed by atoms with Crippen molar-refractivity contribution in [2.45, 2.75) is 44.5 Å². The molecule has 0 aliphatic heterocycles. The van der Waals surface area contributed by atoms with Crippen LogP contribution in [0.15, 0.2) is 103 Å². The van der Waals surface area contributed by atoms with Gasteiger partial charge in [0.15, 0.2) is 0 Å². The number of nitrogens with one attached hydrogen (secondary N) is 3. The molecule has 4 rings (SSSR count). The summed E-state index contributed by atoms with van der Waals surface area (Å²) in [4.78, 5) is 27.2. The number of hydrogen-bond donors (Lipinski definition) is 4. The van der Waals surface area contributed by atoms with Crippen molar-refractivity contribution in [2.75, 3.05) is 24.2 Å². The topological polar surface area (TPSA) is 128 Å². The lowest BCUT2D eigenvalue weighted by atomic mass is 9.99. The maximum absolute atomic E-state index is 13.8. The first kappa shape index (κ1) is 36.2. The molecule has 2 amide bonds. The van der Waals surface area contributed by atoms with Crippen LogP contribution in [0.5, 0.6) is 0 Å². The average Bonchev–Trinajstić information content (AvgIpc) is 3.07. The van der Waals surface area contributed by atoms with Gasteiger partial charge in [-0.1, -0.05) is 78.9 Å². The van der Waals surface area contributed by atoms with Crippen LogP contribution in [-0.4, -0.2) is 57.3 Å². The van der Waals surface area contributed by atoms with E-state index >= 15 is 0 Å². The first-order chi connectivity index (χ1) is 22.8. The second-order valence-corrected chi connectivity index (χ2v) is 13.6. The summed E-state index contributed by atoms with van der Waals surface area (Å²) in [6.07, 6.45) is -2.44. The highest BCUT2D eigenvalue weighted by atomic mass is 32.2. The fourth-order valence-electron chi connectivity index (χ4n) is 5.10. The third kappa shape index (κ3) is 10.2. The van der Waals surface area contributed by atoms with E-state index in [2.05, 4.69) is 16.0 Å². The molecule has 0 fully saturated rings. The number of hydrogen-bond acceptors (Lipinski definition) is 6. The summed E-state index contributed by atoms with van der Waals surface area (Å²) in [6, 6.07) is 27.4. The highest BCUT2D eigenvalue weighted by Gasteiger charge is 2.25. The maximum Gasteiger partial charge on any atom is 0.263 e. The predicted octanol–water partition coefficient (Wildman–Crippen LogP) is 5.00. The van der Waals surface area contributed by atoms with Crippen LogP contribution in [0.3, 0.4) is 0 Å². The Hall–Kier alpha value is -4.65. The molecule has 48 heavy (non-hydrogen) atoms. The van der Waals surface area contributed by atoms with Crippen LogP contribution in [0.4, 0.5) is 14.5 Å². The molecule has 0 spiro atoms. The maximum atomic E-state index is 13.8. The molecule has 4 N–H and O–H groups in total. The van der Waals surface area contributed by atoms with Crippen LogP contribution < -0.4 is 20.3 Å². The van der Waals surface area contributed by atoms with Gasteiger partial charge >= 0.3 is 0 Å². The van der Waals surface area contributed by atoms with Crippen molar-refractivity contribution in [1.29, 1.82) is 0 Å². The largest absolute Gasteiger partial charge is 0.390 e. The Labute approximate surface area is 280 Å². The van der Waals surface area contributed by atoms with Gasteiger partial charge in [0, 0.05) is 36.8 Å². The van der Waals surface area contributed by atoms with Crippen LogP contribution in [0.2, 0.25) is 0 Å². The molecule has 4 aromatic rings. The van der Waals surface area contributed by atoms with E-state index in [4.69, 9.17) is 0 Å². The minimum atomic E-state index is -3.74. The average molecular weight is 679 g/mol. The summed E-state index contributed by atoms with van der Waals surface area (Å²) in [5, 5.41) is 20.1. The SMILES string of the molecule is C[C@@H](NC(=O)c1cc(C(=O)N[C@@H](Cc2ccccc2)[C@H](O)CNCc2cccc(C(F)F)c2)cc(N(C)S(C)(=O)=O)c1)c1ccccc1. The van der Waals surface area contributed by atoms with Crippen LogP contribution >= 0.6 is 0 Å². The molecular weight excluding hydrogens is 638 g/mol. The smallest absolute Gasteiger partial charge is 0.263 e. The molecule has 0 unspecified atom stereocenters. The fraction of sp³-hybridized carbons (Fsp3) is 0.278. The number of anilines is 1. The lowest BCUT2D eigenvalue weighted by molar-refractivity contribution is 0.0830. The molecule has 0 radical (unpaired) electrons. The van der Waals surface area contributed by atoms with Gasteiger partial charge in [-0.2, -0.15) is 0 Å². The zero-order valence-corrected chi connectivity index (χ0v) is 27.8. The van der Waals surface area contributed by atoms with E-state index < -0.39 is 40.4 Å². The van der Waals surface area contributed by atoms with Crippen LogP contribution in [0.25, 0.3) is 0 Å². The third-order valence-corrected chi connectivity index (χ3v) is 9.12. The first-order valence-electron chi connectivity index (χ1n) is 15.4. The van der Waals surface area contributed by atoms with Crippen molar-refractivity contribution in [3.63, 3.8) is 0 Å². The Morgan fingerprint density at radius 1 is 0.792 bits per heavy atom. The number of carbonyl (C=O) groups is 2. The molecule has 12 heteroatoms. The van der Waals surface area contributed by atoms with E-state index in [1.54, 1.807) is 12.1 Å². The van der Waals surface area contributed by atoms with Crippen molar-refractivity contribution >= 4 is 27.5 Å². The summed E-state index contributed by atoms with van der Waals surface area (Å²) in [5.74, 6) is -1.14. The van der Waals surface area contributed by atoms with E-state index in [-0.39, 0.29) is 47.9 Å². The number of benzene rings is 4. The molecule has 0 heterocycles. The van der Waals surface area contributed by atoms with Gasteiger partial charge in [0.05, 0.1) is 30.1 Å². The minimum absolute atomic E-state index is 0.0162. The number of amides is 2. The molecule has 0 saturated carbocycles. The first-order valence-corrected chi connectivity index (χ1v) is 17.2. The van der Waals surface area contributed by atoms with Crippen molar-refractivity contribution < 1.29 is 31.9 Å². The zero-order valence-electron chi connectivity index (χ0n) is 26.9. The zero-order chi connectivity index (χ0) is 34.8. The van der Waals surface area contributed by atoms with Gasteiger partial charge in [-0.3, -0.25) is 13.9 Å². The quantitative estimate of drug-likeness (QED) is 0.140. The molecule has 0 aromatic heterocycles. The van der Waals surface area contributed by atoms with Crippen LogP contribution in [0.1, 0.15) is 62.4 Å². The van der Waals surface area contributed by atoms with Gasteiger partial charge in [0.2, 0.25) is 10.0 Å². The summed E-state index contributed by atoms with van der Waals surface area (Å²) >= 11 is 0. The van der Waals surface area contributed by atoms with Gasteiger partial charge in [0.1, 0.15) is 0 Å². The third-order valence-electron chi connectivity index (χ3n) is 7.92. The summed E-state index contributed by atoms with van der Waals surface area (Å²) in [5.41, 5.74) is 2.41. The Morgan fingerprint density at radius 2 is 1.35 bits per heavy atom. The van der Waals surface area contributed by atoms with Gasteiger partial charge in [-0.05, 0) is 54.3 Å². The molecule has 4 aromatic carbocycles. The highest BCUT2D eigenvalue weighted by Crippen LogP contribution is 2.23. The molecule has 0 bridgehead atoms. The second kappa shape index (κ2) is 16.4. The number of carbonyl (C=O) groups excluding carboxylic acids is 2. The van der Waals surface area contributed by atoms with Gasteiger partial charge in [-0.15, -0.1) is 0 Å². The molecule has 9 nitrogen and oxygen atoms in total. The molecule has 0 aliphatic carbocycles. The Morgan fingerprint density at radius 3 is 1.96 bits per heavy atom. The lowest BCUT2D eigenvalue weighted by Crippen LogP contribution is -2.48. The second-order valence-electron chi connectivity index (χ2n) is 11.6. The Bertz CT molecular complexity index is 1790. The summed E-state index contributed by atoms with van der Waals surface area (Å²) in [6.45, 7) is 2.05. The summed E-state index contributed by atoms with van der Waals surface area (Å²) in [7, 11) is -2.42. The van der Waals surface area contributed by atoms with Gasteiger partial charge < -0.3 is 21.1 Å². The van der Waals surface area contributed by atoms with Crippen molar-refractivity contribution in [3.8, 4) is 0 Å². The molecule has 0 aliphatic rings.